The van der Waals surface area contributed by atoms with Crippen LogP contribution in [-0.2, 0) is 16.8 Å². The average Bonchev–Trinajstić information content (AvgIpc) is 2.93. The molecular formula is C32H33NO2. The lowest BCUT2D eigenvalue weighted by Gasteiger charge is -2.36. The second-order valence-corrected chi connectivity index (χ2v) is 9.29. The van der Waals surface area contributed by atoms with Crippen LogP contribution in [0.3, 0.4) is 0 Å². The van der Waals surface area contributed by atoms with Crippen LogP contribution in [0.1, 0.15) is 40.2 Å². The summed E-state index contributed by atoms with van der Waals surface area (Å²) in [5.74, 6) is 0.212. The first-order valence-corrected chi connectivity index (χ1v) is 12.6. The Hall–Kier alpha value is -3.24. The number of rotatable bonds is 8. The van der Waals surface area contributed by atoms with Crippen LogP contribution >= 0.6 is 0 Å². The van der Waals surface area contributed by atoms with Crippen molar-refractivity contribution in [3.05, 3.63) is 143 Å². The highest BCUT2D eigenvalue weighted by atomic mass is 16.5. The van der Waals surface area contributed by atoms with Crippen LogP contribution in [0.15, 0.2) is 115 Å². The Balaban J connectivity index is 1.41. The minimum atomic E-state index is -0.692. The standard InChI is InChI=1S/C32H33NO2/c34-31-24-33-22-20-30(31)26-18-16-25(17-19-26)21-23-35-32(27-10-4-1-5-11-27,28-12-6-2-7-13-28)29-14-8-3-9-15-29/h1-19,30-31,33-34H,20-24H2. The number of nitrogens with one attached hydrogen (secondary N) is 1. The predicted molar refractivity (Wildman–Crippen MR) is 142 cm³/mol. The summed E-state index contributed by atoms with van der Waals surface area (Å²) in [5.41, 5.74) is 5.12. The van der Waals surface area contributed by atoms with E-state index in [0.717, 1.165) is 36.1 Å². The van der Waals surface area contributed by atoms with Crippen LogP contribution in [-0.4, -0.2) is 30.9 Å². The van der Waals surface area contributed by atoms with Gasteiger partial charge in [-0.15, -0.1) is 0 Å². The lowest BCUT2D eigenvalue weighted by molar-refractivity contribution is 0.0147. The molecule has 0 spiro atoms. The van der Waals surface area contributed by atoms with Crippen LogP contribution in [0.5, 0.6) is 0 Å². The SMILES string of the molecule is OC1CNCCC1c1ccc(CCOC(c2ccccc2)(c2ccccc2)c2ccccc2)cc1. The van der Waals surface area contributed by atoms with E-state index in [4.69, 9.17) is 4.74 Å². The maximum atomic E-state index is 10.4. The molecule has 2 N–H and O–H groups in total. The van der Waals surface area contributed by atoms with Gasteiger partial charge in [0.05, 0.1) is 12.7 Å². The van der Waals surface area contributed by atoms with Crippen molar-refractivity contribution in [2.24, 2.45) is 0 Å². The molecule has 2 atom stereocenters. The number of piperidine rings is 1. The molecule has 1 aliphatic heterocycles. The van der Waals surface area contributed by atoms with E-state index < -0.39 is 5.60 Å². The fraction of sp³-hybridized carbons (Fsp3) is 0.250. The summed E-state index contributed by atoms with van der Waals surface area (Å²) in [6.45, 7) is 2.20. The third-order valence-electron chi connectivity index (χ3n) is 7.11. The van der Waals surface area contributed by atoms with Gasteiger partial charge < -0.3 is 15.2 Å². The number of aliphatic hydroxyl groups is 1. The van der Waals surface area contributed by atoms with E-state index in [1.807, 2.05) is 18.2 Å². The molecular weight excluding hydrogens is 430 g/mol. The van der Waals surface area contributed by atoms with Crippen molar-refractivity contribution in [2.45, 2.75) is 30.5 Å². The van der Waals surface area contributed by atoms with E-state index in [9.17, 15) is 5.11 Å². The third kappa shape index (κ3) is 5.08. The summed E-state index contributed by atoms with van der Waals surface area (Å²) in [6, 6.07) is 40.2. The molecule has 1 heterocycles. The molecule has 5 rings (SSSR count). The van der Waals surface area contributed by atoms with E-state index >= 15 is 0 Å². The van der Waals surface area contributed by atoms with Crippen molar-refractivity contribution in [3.8, 4) is 0 Å². The molecule has 4 aromatic carbocycles. The number of hydrogen-bond donors (Lipinski definition) is 2. The van der Waals surface area contributed by atoms with Crippen LogP contribution in [0.2, 0.25) is 0 Å². The zero-order valence-corrected chi connectivity index (χ0v) is 20.0. The topological polar surface area (TPSA) is 41.5 Å². The van der Waals surface area contributed by atoms with Crippen LogP contribution < -0.4 is 5.32 Å². The molecule has 1 saturated heterocycles. The summed E-state index contributed by atoms with van der Waals surface area (Å²) in [4.78, 5) is 0. The fourth-order valence-electron chi connectivity index (χ4n) is 5.25. The Morgan fingerprint density at radius 1 is 0.714 bits per heavy atom. The van der Waals surface area contributed by atoms with Gasteiger partial charge in [0.1, 0.15) is 5.60 Å². The molecule has 0 saturated carbocycles. The van der Waals surface area contributed by atoms with Crippen molar-refractivity contribution in [1.29, 1.82) is 0 Å². The summed E-state index contributed by atoms with van der Waals surface area (Å²) < 4.78 is 6.91. The smallest absolute Gasteiger partial charge is 0.143 e. The molecule has 3 heteroatoms. The van der Waals surface area contributed by atoms with Gasteiger partial charge in [0.15, 0.2) is 0 Å². The Kier molecular flexibility index (Phi) is 7.39. The minimum absolute atomic E-state index is 0.212. The number of hydrogen-bond acceptors (Lipinski definition) is 3. The maximum Gasteiger partial charge on any atom is 0.143 e. The van der Waals surface area contributed by atoms with Gasteiger partial charge in [0, 0.05) is 12.5 Å². The molecule has 2 unspecified atom stereocenters. The van der Waals surface area contributed by atoms with Gasteiger partial charge in [-0.25, -0.2) is 0 Å². The van der Waals surface area contributed by atoms with Gasteiger partial charge in [0.25, 0.3) is 0 Å². The maximum absolute atomic E-state index is 10.4. The Labute approximate surface area is 208 Å². The van der Waals surface area contributed by atoms with Crippen LogP contribution in [0.25, 0.3) is 0 Å². The predicted octanol–water partition coefficient (Wildman–Crippen LogP) is 5.68. The molecule has 4 aromatic rings. The first-order valence-electron chi connectivity index (χ1n) is 12.6. The molecule has 1 aliphatic rings. The van der Waals surface area contributed by atoms with E-state index in [0.29, 0.717) is 13.2 Å². The van der Waals surface area contributed by atoms with Crippen molar-refractivity contribution in [2.75, 3.05) is 19.7 Å². The van der Waals surface area contributed by atoms with Gasteiger partial charge >= 0.3 is 0 Å². The van der Waals surface area contributed by atoms with Gasteiger partial charge in [-0.05, 0) is 47.2 Å². The summed E-state index contributed by atoms with van der Waals surface area (Å²) in [6.07, 6.45) is 1.46. The van der Waals surface area contributed by atoms with Gasteiger partial charge in [0.2, 0.25) is 0 Å². The van der Waals surface area contributed by atoms with Crippen molar-refractivity contribution < 1.29 is 9.84 Å². The highest BCUT2D eigenvalue weighted by Crippen LogP contribution is 2.40. The molecule has 1 fully saturated rings. The van der Waals surface area contributed by atoms with Crippen LogP contribution in [0, 0.1) is 0 Å². The molecule has 178 valence electrons. The van der Waals surface area contributed by atoms with Crippen LogP contribution in [0.4, 0.5) is 0 Å². The second-order valence-electron chi connectivity index (χ2n) is 9.29. The van der Waals surface area contributed by atoms with Gasteiger partial charge in [-0.1, -0.05) is 115 Å². The lowest BCUT2D eigenvalue weighted by atomic mass is 9.80. The zero-order valence-electron chi connectivity index (χ0n) is 20.0. The first-order chi connectivity index (χ1) is 17.3. The molecule has 0 aliphatic carbocycles. The number of benzene rings is 4. The summed E-state index contributed by atoms with van der Waals surface area (Å²) >= 11 is 0. The largest absolute Gasteiger partial charge is 0.391 e. The lowest BCUT2D eigenvalue weighted by Crippen LogP contribution is -2.39. The molecule has 0 amide bonds. The van der Waals surface area contributed by atoms with E-state index in [1.54, 1.807) is 0 Å². The molecule has 35 heavy (non-hydrogen) atoms. The fourth-order valence-corrected chi connectivity index (χ4v) is 5.25. The first kappa shape index (κ1) is 23.5. The summed E-state index contributed by atoms with van der Waals surface area (Å²) in [7, 11) is 0. The molecule has 3 nitrogen and oxygen atoms in total. The Bertz CT molecular complexity index is 1080. The monoisotopic (exact) mass is 463 g/mol. The number of ether oxygens (including phenoxy) is 1. The molecule has 0 aromatic heterocycles. The van der Waals surface area contributed by atoms with E-state index in [-0.39, 0.29) is 12.0 Å². The Morgan fingerprint density at radius 2 is 1.23 bits per heavy atom. The zero-order chi connectivity index (χ0) is 23.9. The highest BCUT2D eigenvalue weighted by molar-refractivity contribution is 5.47. The average molecular weight is 464 g/mol. The number of aliphatic hydroxyl groups excluding tert-OH is 1. The normalized spacial score (nSPS) is 18.3. The third-order valence-corrected chi connectivity index (χ3v) is 7.11. The summed E-state index contributed by atoms with van der Waals surface area (Å²) in [5, 5.41) is 13.6. The molecule has 0 radical (unpaired) electrons. The quantitative estimate of drug-likeness (QED) is 0.331. The Morgan fingerprint density at radius 3 is 1.71 bits per heavy atom. The second kappa shape index (κ2) is 11.0. The van der Waals surface area contributed by atoms with Crippen molar-refractivity contribution in [3.63, 3.8) is 0 Å². The minimum Gasteiger partial charge on any atom is -0.391 e. The molecule has 0 bridgehead atoms. The van der Waals surface area contributed by atoms with Crippen molar-refractivity contribution >= 4 is 0 Å². The van der Waals surface area contributed by atoms with Gasteiger partial charge in [-0.2, -0.15) is 0 Å². The van der Waals surface area contributed by atoms with Crippen molar-refractivity contribution in [1.82, 2.24) is 5.32 Å². The number of β-amino-alcohol motifs (C(OH)–C–C–N with tert-alkyl or cyclic N) is 1. The van der Waals surface area contributed by atoms with Gasteiger partial charge in [-0.3, -0.25) is 0 Å². The highest BCUT2D eigenvalue weighted by Gasteiger charge is 2.37. The van der Waals surface area contributed by atoms with E-state index in [2.05, 4.69) is 102 Å². The van der Waals surface area contributed by atoms with E-state index in [1.165, 1.54) is 11.1 Å².